The van der Waals surface area contributed by atoms with Crippen molar-refractivity contribution in [2.24, 2.45) is 0 Å². The largest absolute Gasteiger partial charge is 0.419 e. The molecule has 3 aromatic heterocycles. The van der Waals surface area contributed by atoms with Gasteiger partial charge in [0.2, 0.25) is 0 Å². The Labute approximate surface area is 173 Å². The lowest BCUT2D eigenvalue weighted by atomic mass is 10.1. The van der Waals surface area contributed by atoms with Crippen LogP contribution in [0.1, 0.15) is 15.9 Å². The van der Waals surface area contributed by atoms with Crippen LogP contribution in [0.4, 0.5) is 24.8 Å². The van der Waals surface area contributed by atoms with E-state index in [4.69, 9.17) is 17.3 Å². The quantitative estimate of drug-likeness (QED) is 0.483. The molecule has 0 saturated carbocycles. The average Bonchev–Trinajstić information content (AvgIpc) is 3.08. The minimum Gasteiger partial charge on any atom is -0.383 e. The first kappa shape index (κ1) is 19.7. The fourth-order valence-electron chi connectivity index (χ4n) is 2.90. The van der Waals surface area contributed by atoms with E-state index in [0.717, 1.165) is 6.07 Å². The number of imidazole rings is 1. The molecule has 0 spiro atoms. The first-order valence-electron chi connectivity index (χ1n) is 8.59. The minimum atomic E-state index is -4.61. The Hall–Kier alpha value is -3.59. The second-order valence-electron chi connectivity index (χ2n) is 6.43. The van der Waals surface area contributed by atoms with Crippen molar-refractivity contribution >= 4 is 34.8 Å². The molecule has 0 unspecified atom stereocenters. The number of hydrogen-bond donors (Lipinski definition) is 2. The van der Waals surface area contributed by atoms with Crippen molar-refractivity contribution in [2.45, 2.75) is 6.18 Å². The SMILES string of the molecule is Nc1ncc(-c2ccc3nc(NC(=O)c4cccc(Cl)c4)cn3c2)cc1C(F)(F)F. The Kier molecular flexibility index (Phi) is 4.83. The molecule has 1 aromatic carbocycles. The number of nitrogens with two attached hydrogens (primary N) is 1. The summed E-state index contributed by atoms with van der Waals surface area (Å²) >= 11 is 5.90. The molecule has 30 heavy (non-hydrogen) atoms. The van der Waals surface area contributed by atoms with Crippen LogP contribution in [0.25, 0.3) is 16.8 Å². The third-order valence-electron chi connectivity index (χ3n) is 4.34. The molecule has 152 valence electrons. The summed E-state index contributed by atoms with van der Waals surface area (Å²) in [4.78, 5) is 20.3. The lowest BCUT2D eigenvalue weighted by Crippen LogP contribution is -2.11. The Balaban J connectivity index is 1.64. The zero-order chi connectivity index (χ0) is 21.5. The fourth-order valence-corrected chi connectivity index (χ4v) is 3.09. The number of nitrogen functional groups attached to an aromatic ring is 1. The van der Waals surface area contributed by atoms with Crippen LogP contribution in [-0.4, -0.2) is 20.3 Å². The van der Waals surface area contributed by atoms with E-state index in [1.165, 1.54) is 12.3 Å². The molecule has 0 bridgehead atoms. The van der Waals surface area contributed by atoms with E-state index in [2.05, 4.69) is 15.3 Å². The molecule has 0 saturated heterocycles. The van der Waals surface area contributed by atoms with Crippen molar-refractivity contribution in [1.29, 1.82) is 0 Å². The Bertz CT molecular complexity index is 1270. The van der Waals surface area contributed by atoms with Gasteiger partial charge in [-0.15, -0.1) is 0 Å². The lowest BCUT2D eigenvalue weighted by molar-refractivity contribution is -0.137. The summed E-state index contributed by atoms with van der Waals surface area (Å²) in [5, 5.41) is 3.09. The highest BCUT2D eigenvalue weighted by molar-refractivity contribution is 6.31. The van der Waals surface area contributed by atoms with Crippen LogP contribution in [0.2, 0.25) is 5.02 Å². The van der Waals surface area contributed by atoms with Gasteiger partial charge in [-0.3, -0.25) is 4.79 Å². The predicted molar refractivity (Wildman–Crippen MR) is 107 cm³/mol. The molecule has 0 atom stereocenters. The normalized spacial score (nSPS) is 11.6. The highest BCUT2D eigenvalue weighted by Crippen LogP contribution is 2.35. The summed E-state index contributed by atoms with van der Waals surface area (Å²) in [6.45, 7) is 0. The van der Waals surface area contributed by atoms with Crippen molar-refractivity contribution in [3.8, 4) is 11.1 Å². The summed E-state index contributed by atoms with van der Waals surface area (Å²) in [5.74, 6) is -0.691. The molecule has 0 aliphatic rings. The van der Waals surface area contributed by atoms with Gasteiger partial charge in [0, 0.05) is 34.1 Å². The molecule has 1 amide bonds. The monoisotopic (exact) mass is 431 g/mol. The third kappa shape index (κ3) is 3.92. The smallest absolute Gasteiger partial charge is 0.383 e. The molecule has 3 heterocycles. The average molecular weight is 432 g/mol. The van der Waals surface area contributed by atoms with E-state index >= 15 is 0 Å². The maximum atomic E-state index is 13.1. The Morgan fingerprint density at radius 2 is 1.90 bits per heavy atom. The number of carbonyl (C=O) groups is 1. The molecule has 6 nitrogen and oxygen atoms in total. The zero-order valence-corrected chi connectivity index (χ0v) is 15.9. The number of fused-ring (bicyclic) bond motifs is 1. The number of carbonyl (C=O) groups excluding carboxylic acids is 1. The van der Waals surface area contributed by atoms with Crippen molar-refractivity contribution in [3.05, 3.63) is 77.2 Å². The molecule has 0 radical (unpaired) electrons. The topological polar surface area (TPSA) is 85.3 Å². The molecule has 0 fully saturated rings. The Morgan fingerprint density at radius 3 is 2.63 bits per heavy atom. The van der Waals surface area contributed by atoms with Crippen LogP contribution in [-0.2, 0) is 6.18 Å². The van der Waals surface area contributed by atoms with Crippen molar-refractivity contribution in [2.75, 3.05) is 11.1 Å². The summed E-state index contributed by atoms with van der Waals surface area (Å²) in [5.41, 5.74) is 5.95. The van der Waals surface area contributed by atoms with E-state index in [1.54, 1.807) is 47.1 Å². The molecule has 0 aliphatic carbocycles. The van der Waals surface area contributed by atoms with E-state index in [-0.39, 0.29) is 11.4 Å². The van der Waals surface area contributed by atoms with E-state index in [1.807, 2.05) is 0 Å². The van der Waals surface area contributed by atoms with Crippen molar-refractivity contribution in [1.82, 2.24) is 14.4 Å². The second kappa shape index (κ2) is 7.34. The molecule has 4 aromatic rings. The number of halogens is 4. The first-order valence-corrected chi connectivity index (χ1v) is 8.97. The third-order valence-corrected chi connectivity index (χ3v) is 4.57. The van der Waals surface area contributed by atoms with Gasteiger partial charge < -0.3 is 15.5 Å². The number of anilines is 2. The molecule has 10 heteroatoms. The summed E-state index contributed by atoms with van der Waals surface area (Å²) in [6, 6.07) is 10.6. The number of nitrogens with zero attached hydrogens (tertiary/aromatic N) is 3. The highest BCUT2D eigenvalue weighted by atomic mass is 35.5. The van der Waals surface area contributed by atoms with Gasteiger partial charge >= 0.3 is 6.18 Å². The van der Waals surface area contributed by atoms with Crippen LogP contribution in [0.15, 0.2) is 61.1 Å². The minimum absolute atomic E-state index is 0.247. The summed E-state index contributed by atoms with van der Waals surface area (Å²) in [7, 11) is 0. The molecule has 4 rings (SSSR count). The van der Waals surface area contributed by atoms with Crippen molar-refractivity contribution in [3.63, 3.8) is 0 Å². The zero-order valence-electron chi connectivity index (χ0n) is 15.1. The lowest BCUT2D eigenvalue weighted by Gasteiger charge is -2.11. The van der Waals surface area contributed by atoms with E-state index < -0.39 is 23.5 Å². The van der Waals surface area contributed by atoms with Crippen LogP contribution >= 0.6 is 11.6 Å². The first-order chi connectivity index (χ1) is 14.2. The molecular formula is C20H13ClF3N5O. The fraction of sp³-hybridized carbons (Fsp3) is 0.0500. The number of pyridine rings is 2. The van der Waals surface area contributed by atoms with Crippen LogP contribution in [0.5, 0.6) is 0 Å². The van der Waals surface area contributed by atoms with E-state index in [9.17, 15) is 18.0 Å². The van der Waals surface area contributed by atoms with Gasteiger partial charge in [0.1, 0.15) is 11.5 Å². The maximum Gasteiger partial charge on any atom is 0.419 e. The van der Waals surface area contributed by atoms with Crippen molar-refractivity contribution < 1.29 is 18.0 Å². The van der Waals surface area contributed by atoms with Gasteiger partial charge in [0.15, 0.2) is 5.82 Å². The van der Waals surface area contributed by atoms with Gasteiger partial charge in [-0.1, -0.05) is 17.7 Å². The number of nitrogens with one attached hydrogen (secondary N) is 1. The maximum absolute atomic E-state index is 13.1. The standard InChI is InChI=1S/C20H13ClF3N5O/c21-14-3-1-2-11(6-14)19(30)28-16-10-29-9-12(4-5-17(29)27-16)13-7-15(20(22,23)24)18(25)26-8-13/h1-10H,(H2,25,26)(H,28,30). The number of amides is 1. The molecule has 3 N–H and O–H groups in total. The highest BCUT2D eigenvalue weighted by Gasteiger charge is 2.34. The second-order valence-corrected chi connectivity index (χ2v) is 6.86. The van der Waals surface area contributed by atoms with Crippen LogP contribution in [0.3, 0.4) is 0 Å². The van der Waals surface area contributed by atoms with Crippen LogP contribution < -0.4 is 11.1 Å². The van der Waals surface area contributed by atoms with E-state index in [0.29, 0.717) is 21.8 Å². The van der Waals surface area contributed by atoms with Gasteiger partial charge in [0.25, 0.3) is 5.91 Å². The van der Waals surface area contributed by atoms with Gasteiger partial charge in [0.05, 0.1) is 11.8 Å². The van der Waals surface area contributed by atoms with Gasteiger partial charge in [-0.2, -0.15) is 13.2 Å². The molecular weight excluding hydrogens is 419 g/mol. The number of aromatic nitrogens is 3. The summed E-state index contributed by atoms with van der Waals surface area (Å²) < 4.78 is 40.9. The number of benzene rings is 1. The van der Waals surface area contributed by atoms with Gasteiger partial charge in [-0.05, 0) is 36.4 Å². The predicted octanol–water partition coefficient (Wildman–Crippen LogP) is 4.90. The number of rotatable bonds is 3. The molecule has 0 aliphatic heterocycles. The number of alkyl halides is 3. The number of hydrogen-bond acceptors (Lipinski definition) is 4. The Morgan fingerprint density at radius 1 is 1.10 bits per heavy atom. The van der Waals surface area contributed by atoms with Crippen LogP contribution in [0, 0.1) is 0 Å². The summed E-state index contributed by atoms with van der Waals surface area (Å²) in [6.07, 6.45) is -0.199. The van der Waals surface area contributed by atoms with Gasteiger partial charge in [-0.25, -0.2) is 9.97 Å².